The van der Waals surface area contributed by atoms with Crippen LogP contribution in [0.1, 0.15) is 43.9 Å². The number of nitrogens with zero attached hydrogens (tertiary/aromatic N) is 1. The zero-order chi connectivity index (χ0) is 13.8. The zero-order valence-corrected chi connectivity index (χ0v) is 12.1. The molecule has 0 spiro atoms. The van der Waals surface area contributed by atoms with Gasteiger partial charge in [-0.2, -0.15) is 0 Å². The highest BCUT2D eigenvalue weighted by atomic mass is 16.5. The van der Waals surface area contributed by atoms with Crippen LogP contribution >= 0.6 is 0 Å². The van der Waals surface area contributed by atoms with E-state index < -0.39 is 0 Å². The molecule has 0 aromatic heterocycles. The van der Waals surface area contributed by atoms with Crippen molar-refractivity contribution in [1.82, 2.24) is 4.90 Å². The summed E-state index contributed by atoms with van der Waals surface area (Å²) in [5.41, 5.74) is 2.47. The molecule has 0 aliphatic carbocycles. The van der Waals surface area contributed by atoms with Gasteiger partial charge in [0.1, 0.15) is 6.04 Å². The summed E-state index contributed by atoms with van der Waals surface area (Å²) < 4.78 is 5.17. The fraction of sp³-hybridized carbons (Fsp3) is 0.562. The predicted molar refractivity (Wildman–Crippen MR) is 76.0 cm³/mol. The maximum atomic E-state index is 12.0. The number of aryl methyl sites for hydroxylation is 1. The summed E-state index contributed by atoms with van der Waals surface area (Å²) in [7, 11) is 0. The third kappa shape index (κ3) is 3.16. The number of hydrogen-bond acceptors (Lipinski definition) is 3. The van der Waals surface area contributed by atoms with Crippen LogP contribution in [0.25, 0.3) is 0 Å². The molecule has 0 N–H and O–H groups in total. The van der Waals surface area contributed by atoms with Crippen molar-refractivity contribution in [3.63, 3.8) is 0 Å². The summed E-state index contributed by atoms with van der Waals surface area (Å²) in [5, 5.41) is 0. The number of rotatable bonds is 6. The van der Waals surface area contributed by atoms with Crippen molar-refractivity contribution >= 4 is 5.97 Å². The number of esters is 1. The van der Waals surface area contributed by atoms with Crippen molar-refractivity contribution in [3.8, 4) is 0 Å². The molecule has 2 rings (SSSR count). The van der Waals surface area contributed by atoms with E-state index in [4.69, 9.17) is 4.74 Å². The Balaban J connectivity index is 2.08. The minimum absolute atomic E-state index is 0.0748. The van der Waals surface area contributed by atoms with Crippen molar-refractivity contribution in [2.75, 3.05) is 13.2 Å². The van der Waals surface area contributed by atoms with Gasteiger partial charge in [-0.05, 0) is 32.4 Å². The second-order valence-corrected chi connectivity index (χ2v) is 5.14. The van der Waals surface area contributed by atoms with E-state index in [0.717, 1.165) is 19.4 Å². The van der Waals surface area contributed by atoms with Crippen LogP contribution in [0.2, 0.25) is 0 Å². The van der Waals surface area contributed by atoms with E-state index in [2.05, 4.69) is 43.0 Å². The van der Waals surface area contributed by atoms with Gasteiger partial charge in [0.05, 0.1) is 12.6 Å². The molecule has 1 aromatic rings. The normalized spacial score (nSPS) is 25.1. The van der Waals surface area contributed by atoms with Gasteiger partial charge in [-0.1, -0.05) is 43.2 Å². The first-order chi connectivity index (χ1) is 9.19. The monoisotopic (exact) mass is 261 g/mol. The first kappa shape index (κ1) is 14.1. The van der Waals surface area contributed by atoms with Crippen molar-refractivity contribution < 1.29 is 9.53 Å². The number of unbranched alkanes of at least 4 members (excludes halogenated alkanes) is 1. The van der Waals surface area contributed by atoms with Gasteiger partial charge in [0.25, 0.3) is 0 Å². The van der Waals surface area contributed by atoms with Crippen LogP contribution in [0, 0.1) is 6.92 Å². The van der Waals surface area contributed by atoms with Crippen LogP contribution in [0.15, 0.2) is 24.3 Å². The molecular formula is C16H23NO2. The molecule has 0 amide bonds. The number of hydrogen-bond donors (Lipinski definition) is 0. The summed E-state index contributed by atoms with van der Waals surface area (Å²) in [6, 6.07) is 8.60. The van der Waals surface area contributed by atoms with Gasteiger partial charge in [0.2, 0.25) is 0 Å². The maximum Gasteiger partial charge on any atom is 0.325 e. The zero-order valence-electron chi connectivity index (χ0n) is 12.1. The molecule has 1 heterocycles. The topological polar surface area (TPSA) is 29.3 Å². The Bertz CT molecular complexity index is 427. The summed E-state index contributed by atoms with van der Waals surface area (Å²) in [4.78, 5) is 14.2. The Labute approximate surface area is 115 Å². The predicted octanol–water partition coefficient (Wildman–Crippen LogP) is 3.08. The quantitative estimate of drug-likeness (QED) is 0.582. The van der Waals surface area contributed by atoms with Crippen LogP contribution in [0.4, 0.5) is 0 Å². The molecule has 3 unspecified atom stereocenters. The lowest BCUT2D eigenvalue weighted by Gasteiger charge is -2.02. The van der Waals surface area contributed by atoms with Gasteiger partial charge in [0, 0.05) is 0 Å². The molecule has 1 aliphatic rings. The van der Waals surface area contributed by atoms with Crippen molar-refractivity contribution in [1.29, 1.82) is 0 Å². The number of carbonyl (C=O) groups is 1. The average molecular weight is 261 g/mol. The van der Waals surface area contributed by atoms with Crippen LogP contribution in [-0.4, -0.2) is 30.1 Å². The van der Waals surface area contributed by atoms with Gasteiger partial charge in [-0.15, -0.1) is 0 Å². The Morgan fingerprint density at radius 1 is 1.26 bits per heavy atom. The molecule has 3 nitrogen and oxygen atoms in total. The second kappa shape index (κ2) is 6.20. The van der Waals surface area contributed by atoms with E-state index in [1.807, 2.05) is 6.92 Å². The smallest absolute Gasteiger partial charge is 0.325 e. The van der Waals surface area contributed by atoms with Crippen molar-refractivity contribution in [2.24, 2.45) is 0 Å². The first-order valence-electron chi connectivity index (χ1n) is 7.18. The maximum absolute atomic E-state index is 12.0. The summed E-state index contributed by atoms with van der Waals surface area (Å²) in [6.45, 7) is 7.53. The third-order valence-corrected chi connectivity index (χ3v) is 3.64. The lowest BCUT2D eigenvalue weighted by atomic mass is 10.1. The molecule has 0 radical (unpaired) electrons. The molecule has 1 aromatic carbocycles. The molecule has 0 saturated carbocycles. The number of carbonyl (C=O) groups excluding carboxylic acids is 1. The molecule has 19 heavy (non-hydrogen) atoms. The van der Waals surface area contributed by atoms with Gasteiger partial charge < -0.3 is 4.74 Å². The standard InChI is InChI=1S/C16H23NO2/c1-4-6-11-17-14(15(17)16(18)19-5-2)13-9-7-12(3)8-10-13/h7-10,14-15H,4-6,11H2,1-3H3. The van der Waals surface area contributed by atoms with E-state index in [1.165, 1.54) is 11.1 Å². The highest BCUT2D eigenvalue weighted by Crippen LogP contribution is 2.43. The SMILES string of the molecule is CCCCN1C(C(=O)OCC)C1c1ccc(C)cc1. The van der Waals surface area contributed by atoms with E-state index in [9.17, 15) is 4.79 Å². The average Bonchev–Trinajstić information content (AvgIpc) is 3.12. The van der Waals surface area contributed by atoms with Gasteiger partial charge in [0.15, 0.2) is 0 Å². The minimum Gasteiger partial charge on any atom is -0.465 e. The largest absolute Gasteiger partial charge is 0.465 e. The summed E-state index contributed by atoms with van der Waals surface area (Å²) in [5.74, 6) is -0.0795. The Hall–Kier alpha value is -1.35. The van der Waals surface area contributed by atoms with Gasteiger partial charge in [-0.25, -0.2) is 0 Å². The van der Waals surface area contributed by atoms with Crippen molar-refractivity contribution in [3.05, 3.63) is 35.4 Å². The van der Waals surface area contributed by atoms with E-state index in [0.29, 0.717) is 6.61 Å². The Morgan fingerprint density at radius 3 is 2.53 bits per heavy atom. The third-order valence-electron chi connectivity index (χ3n) is 3.64. The fourth-order valence-electron chi connectivity index (χ4n) is 2.52. The van der Waals surface area contributed by atoms with Crippen molar-refractivity contribution in [2.45, 2.75) is 45.7 Å². The Kier molecular flexibility index (Phi) is 4.59. The molecule has 3 atom stereocenters. The lowest BCUT2D eigenvalue weighted by molar-refractivity contribution is -0.143. The van der Waals surface area contributed by atoms with E-state index >= 15 is 0 Å². The highest BCUT2D eigenvalue weighted by Gasteiger charge is 2.53. The van der Waals surface area contributed by atoms with E-state index in [1.54, 1.807) is 0 Å². The number of benzene rings is 1. The molecule has 3 heteroatoms. The molecule has 0 bridgehead atoms. The van der Waals surface area contributed by atoms with Crippen LogP contribution < -0.4 is 0 Å². The first-order valence-corrected chi connectivity index (χ1v) is 7.18. The molecule has 1 aliphatic heterocycles. The molecule has 104 valence electrons. The van der Waals surface area contributed by atoms with Gasteiger partial charge >= 0.3 is 5.97 Å². The summed E-state index contributed by atoms with van der Waals surface area (Å²) >= 11 is 0. The van der Waals surface area contributed by atoms with Crippen LogP contribution in [0.5, 0.6) is 0 Å². The number of ether oxygens (including phenoxy) is 1. The Morgan fingerprint density at radius 2 is 1.95 bits per heavy atom. The van der Waals surface area contributed by atoms with E-state index in [-0.39, 0.29) is 18.1 Å². The second-order valence-electron chi connectivity index (χ2n) is 5.14. The molecule has 1 fully saturated rings. The minimum atomic E-state index is -0.0795. The van der Waals surface area contributed by atoms with Gasteiger partial charge in [-0.3, -0.25) is 9.69 Å². The summed E-state index contributed by atoms with van der Waals surface area (Å²) in [6.07, 6.45) is 2.27. The molecular weight excluding hydrogens is 238 g/mol. The lowest BCUT2D eigenvalue weighted by Crippen LogP contribution is -2.16. The van der Waals surface area contributed by atoms with Crippen LogP contribution in [-0.2, 0) is 9.53 Å². The highest BCUT2D eigenvalue weighted by molar-refractivity contribution is 5.80. The molecule has 1 saturated heterocycles. The fourth-order valence-corrected chi connectivity index (χ4v) is 2.52. The van der Waals surface area contributed by atoms with Crippen LogP contribution in [0.3, 0.4) is 0 Å².